The van der Waals surface area contributed by atoms with Crippen molar-refractivity contribution in [3.8, 4) is 17.3 Å². The van der Waals surface area contributed by atoms with Crippen molar-refractivity contribution in [2.24, 2.45) is 5.41 Å². The van der Waals surface area contributed by atoms with Crippen LogP contribution >= 0.6 is 0 Å². The molecule has 2 amide bonds. The molecule has 0 radical (unpaired) electrons. The quantitative estimate of drug-likeness (QED) is 0.607. The maximum Gasteiger partial charge on any atom is 0.251 e. The lowest BCUT2D eigenvalue weighted by Crippen LogP contribution is -2.43. The summed E-state index contributed by atoms with van der Waals surface area (Å²) in [5, 5.41) is 15.2. The SMILES string of the molecule is N#CN1CCC2(Cc3cc(-c4ccc(C(=O)NCc5ccccc5)cc4)ccc3NC2=O)C1. The van der Waals surface area contributed by atoms with Crippen molar-refractivity contribution in [2.75, 3.05) is 18.4 Å². The van der Waals surface area contributed by atoms with Gasteiger partial charge in [-0.1, -0.05) is 48.5 Å². The van der Waals surface area contributed by atoms with Crippen LogP contribution < -0.4 is 10.6 Å². The van der Waals surface area contributed by atoms with Crippen molar-refractivity contribution < 1.29 is 9.59 Å². The van der Waals surface area contributed by atoms with E-state index >= 15 is 0 Å². The average Bonchev–Trinajstić information content (AvgIpc) is 3.28. The molecule has 0 saturated carbocycles. The van der Waals surface area contributed by atoms with E-state index in [4.69, 9.17) is 0 Å². The lowest BCUT2D eigenvalue weighted by atomic mass is 9.76. The summed E-state index contributed by atoms with van der Waals surface area (Å²) in [4.78, 5) is 26.9. The predicted octanol–water partition coefficient (Wildman–Crippen LogP) is 3.95. The lowest BCUT2D eigenvalue weighted by Gasteiger charge is -2.33. The molecule has 1 unspecified atom stereocenters. The van der Waals surface area contributed by atoms with E-state index in [1.54, 1.807) is 4.90 Å². The summed E-state index contributed by atoms with van der Waals surface area (Å²) in [6, 6.07) is 23.4. The number of carbonyl (C=O) groups excluding carboxylic acids is 2. The number of fused-ring (bicyclic) bond motifs is 1. The van der Waals surface area contributed by atoms with Gasteiger partial charge in [-0.3, -0.25) is 9.59 Å². The molecule has 164 valence electrons. The summed E-state index contributed by atoms with van der Waals surface area (Å²) >= 11 is 0. The fourth-order valence-corrected chi connectivity index (χ4v) is 4.72. The van der Waals surface area contributed by atoms with Crippen LogP contribution in [0, 0.1) is 16.9 Å². The number of nitrogens with one attached hydrogen (secondary N) is 2. The van der Waals surface area contributed by atoms with Crippen LogP contribution in [0.2, 0.25) is 0 Å². The Balaban J connectivity index is 1.31. The Hall–Kier alpha value is -4.11. The van der Waals surface area contributed by atoms with Gasteiger partial charge >= 0.3 is 0 Å². The molecule has 3 aromatic rings. The molecule has 5 rings (SSSR count). The Morgan fingerprint density at radius 3 is 2.55 bits per heavy atom. The number of carbonyl (C=O) groups is 2. The van der Waals surface area contributed by atoms with Gasteiger partial charge in [-0.25, -0.2) is 0 Å². The molecule has 0 bridgehead atoms. The molecule has 1 spiro atoms. The standard InChI is InChI=1S/C27H24N4O2/c28-18-31-13-12-27(17-31)15-23-14-22(10-11-24(23)30-26(27)33)20-6-8-21(9-7-20)25(32)29-16-19-4-2-1-3-5-19/h1-11,14H,12-13,15-17H2,(H,29,32)(H,30,33). The molecule has 1 fully saturated rings. The van der Waals surface area contributed by atoms with Crippen molar-refractivity contribution >= 4 is 17.5 Å². The zero-order valence-electron chi connectivity index (χ0n) is 18.2. The Labute approximate surface area is 192 Å². The van der Waals surface area contributed by atoms with Gasteiger partial charge in [-0.2, -0.15) is 5.26 Å². The number of nitrogens with zero attached hydrogens (tertiary/aromatic N) is 2. The second-order valence-corrected chi connectivity index (χ2v) is 8.80. The van der Waals surface area contributed by atoms with Gasteiger partial charge in [-0.15, -0.1) is 0 Å². The molecule has 2 N–H and O–H groups in total. The highest BCUT2D eigenvalue weighted by Crippen LogP contribution is 2.41. The van der Waals surface area contributed by atoms with E-state index in [1.807, 2.05) is 66.7 Å². The van der Waals surface area contributed by atoms with Gasteiger partial charge in [0.25, 0.3) is 5.91 Å². The highest BCUT2D eigenvalue weighted by atomic mass is 16.2. The van der Waals surface area contributed by atoms with Crippen molar-refractivity contribution in [3.63, 3.8) is 0 Å². The Kier molecular flexibility index (Phi) is 5.31. The second kappa shape index (κ2) is 8.44. The van der Waals surface area contributed by atoms with Crippen molar-refractivity contribution in [1.29, 1.82) is 5.26 Å². The fraction of sp³-hybridized carbons (Fsp3) is 0.222. The number of amides is 2. The van der Waals surface area contributed by atoms with Crippen LogP contribution in [0.5, 0.6) is 0 Å². The molecule has 2 aliphatic heterocycles. The van der Waals surface area contributed by atoms with Crippen LogP contribution in [-0.2, 0) is 17.8 Å². The van der Waals surface area contributed by atoms with E-state index in [2.05, 4.69) is 22.9 Å². The van der Waals surface area contributed by atoms with Gasteiger partial charge in [0.1, 0.15) is 0 Å². The first kappa shape index (κ1) is 20.8. The number of rotatable bonds is 4. The normalized spacial score (nSPS) is 19.0. The largest absolute Gasteiger partial charge is 0.348 e. The zero-order valence-corrected chi connectivity index (χ0v) is 18.2. The summed E-state index contributed by atoms with van der Waals surface area (Å²) in [5.41, 5.74) is 5.09. The smallest absolute Gasteiger partial charge is 0.251 e. The molecule has 2 heterocycles. The summed E-state index contributed by atoms with van der Waals surface area (Å²) < 4.78 is 0. The van der Waals surface area contributed by atoms with Gasteiger partial charge in [-0.05, 0) is 59.4 Å². The maximum atomic E-state index is 12.8. The van der Waals surface area contributed by atoms with Crippen LogP contribution in [0.3, 0.4) is 0 Å². The van der Waals surface area contributed by atoms with Gasteiger partial charge < -0.3 is 15.5 Å². The number of hydrogen-bond acceptors (Lipinski definition) is 4. The molecule has 6 heteroatoms. The van der Waals surface area contributed by atoms with Gasteiger partial charge in [0.15, 0.2) is 6.19 Å². The van der Waals surface area contributed by atoms with Gasteiger partial charge in [0, 0.05) is 30.9 Å². The third kappa shape index (κ3) is 4.06. The number of anilines is 1. The van der Waals surface area contributed by atoms with E-state index in [-0.39, 0.29) is 11.8 Å². The van der Waals surface area contributed by atoms with Crippen LogP contribution in [0.4, 0.5) is 5.69 Å². The maximum absolute atomic E-state index is 12.8. The lowest BCUT2D eigenvalue weighted by molar-refractivity contribution is -0.125. The molecule has 1 atom stereocenters. The summed E-state index contributed by atoms with van der Waals surface area (Å²) in [6.45, 7) is 1.57. The Morgan fingerprint density at radius 2 is 1.82 bits per heavy atom. The molecule has 6 nitrogen and oxygen atoms in total. The van der Waals surface area contributed by atoms with Crippen molar-refractivity contribution in [2.45, 2.75) is 19.4 Å². The zero-order chi connectivity index (χ0) is 22.8. The average molecular weight is 437 g/mol. The first-order chi connectivity index (χ1) is 16.1. The van der Waals surface area contributed by atoms with Crippen LogP contribution in [0.15, 0.2) is 72.8 Å². The minimum Gasteiger partial charge on any atom is -0.348 e. The van der Waals surface area contributed by atoms with Gasteiger partial charge in [0.05, 0.1) is 5.41 Å². The van der Waals surface area contributed by atoms with Crippen LogP contribution in [0.25, 0.3) is 11.1 Å². The first-order valence-electron chi connectivity index (χ1n) is 11.1. The second-order valence-electron chi connectivity index (χ2n) is 8.80. The Morgan fingerprint density at radius 1 is 1.06 bits per heavy atom. The molecule has 2 aliphatic rings. The molecule has 33 heavy (non-hydrogen) atoms. The van der Waals surface area contributed by atoms with E-state index in [0.29, 0.717) is 38.0 Å². The predicted molar refractivity (Wildman–Crippen MR) is 126 cm³/mol. The van der Waals surface area contributed by atoms with E-state index < -0.39 is 5.41 Å². The minimum atomic E-state index is -0.540. The molecule has 1 saturated heterocycles. The highest BCUT2D eigenvalue weighted by Gasteiger charge is 2.47. The van der Waals surface area contributed by atoms with E-state index in [0.717, 1.165) is 27.9 Å². The number of benzene rings is 3. The summed E-state index contributed by atoms with van der Waals surface area (Å²) in [5.74, 6) is -0.102. The minimum absolute atomic E-state index is 0.00590. The third-order valence-corrected chi connectivity index (χ3v) is 6.64. The number of likely N-dealkylation sites (tertiary alicyclic amines) is 1. The molecular formula is C27H24N4O2. The third-order valence-electron chi connectivity index (χ3n) is 6.64. The molecule has 0 aliphatic carbocycles. The summed E-state index contributed by atoms with van der Waals surface area (Å²) in [6.07, 6.45) is 3.48. The first-order valence-corrected chi connectivity index (χ1v) is 11.1. The fourth-order valence-electron chi connectivity index (χ4n) is 4.72. The molecular weight excluding hydrogens is 412 g/mol. The van der Waals surface area contributed by atoms with Gasteiger partial charge in [0.2, 0.25) is 5.91 Å². The monoisotopic (exact) mass is 436 g/mol. The van der Waals surface area contributed by atoms with Crippen LogP contribution in [0.1, 0.15) is 27.9 Å². The summed E-state index contributed by atoms with van der Waals surface area (Å²) in [7, 11) is 0. The van der Waals surface area contributed by atoms with Crippen molar-refractivity contribution in [1.82, 2.24) is 10.2 Å². The molecule has 0 aromatic heterocycles. The topological polar surface area (TPSA) is 85.2 Å². The van der Waals surface area contributed by atoms with Crippen molar-refractivity contribution in [3.05, 3.63) is 89.5 Å². The van der Waals surface area contributed by atoms with Crippen LogP contribution in [-0.4, -0.2) is 29.8 Å². The number of hydrogen-bond donors (Lipinski definition) is 2. The highest BCUT2D eigenvalue weighted by molar-refractivity contribution is 5.99. The molecule has 3 aromatic carbocycles. The van der Waals surface area contributed by atoms with E-state index in [9.17, 15) is 14.9 Å². The Bertz CT molecular complexity index is 1250. The van der Waals surface area contributed by atoms with E-state index in [1.165, 1.54) is 0 Å². The number of nitriles is 1.